The number of aliphatic carboxylic acids is 1. The van der Waals surface area contributed by atoms with Gasteiger partial charge in [0.05, 0.1) is 6.61 Å². The van der Waals surface area contributed by atoms with Gasteiger partial charge in [0.15, 0.2) is 0 Å². The summed E-state index contributed by atoms with van der Waals surface area (Å²) in [5.41, 5.74) is 6.33. The highest BCUT2D eigenvalue weighted by Crippen LogP contribution is 2.39. The highest BCUT2D eigenvalue weighted by molar-refractivity contribution is 5.96. The minimum absolute atomic E-state index is 0.200. The Hall–Kier alpha value is -3.67. The lowest BCUT2D eigenvalue weighted by Crippen LogP contribution is -2.42. The molecule has 2 aromatic carbocycles. The third-order valence-electron chi connectivity index (χ3n) is 7.27. The van der Waals surface area contributed by atoms with Gasteiger partial charge < -0.3 is 15.2 Å². The van der Waals surface area contributed by atoms with Crippen molar-refractivity contribution in [2.24, 2.45) is 0 Å². The number of fused-ring (bicyclic) bond motifs is 1. The van der Waals surface area contributed by atoms with Gasteiger partial charge in [0.1, 0.15) is 11.8 Å². The molecule has 0 radical (unpaired) electrons. The highest BCUT2D eigenvalue weighted by atomic mass is 16.5. The van der Waals surface area contributed by atoms with Gasteiger partial charge in [0.25, 0.3) is 5.91 Å². The number of carboxylic acid groups (broad SMARTS) is 1. The molecular formula is C31H34N2O4. The zero-order valence-electron chi connectivity index (χ0n) is 21.1. The lowest BCUT2D eigenvalue weighted by Gasteiger charge is -2.16. The molecule has 2 aliphatic rings. The zero-order valence-corrected chi connectivity index (χ0v) is 21.1. The maximum Gasteiger partial charge on any atom is 0.326 e. The maximum atomic E-state index is 12.6. The van der Waals surface area contributed by atoms with Crippen LogP contribution in [0.3, 0.4) is 0 Å². The molecule has 1 fully saturated rings. The number of amides is 1. The fourth-order valence-electron chi connectivity index (χ4n) is 4.93. The van der Waals surface area contributed by atoms with Crippen LogP contribution in [0.1, 0.15) is 76.5 Å². The molecule has 1 heterocycles. The van der Waals surface area contributed by atoms with E-state index in [2.05, 4.69) is 17.4 Å². The van der Waals surface area contributed by atoms with Crippen LogP contribution in [0.2, 0.25) is 0 Å². The number of carbonyl (C=O) groups is 2. The van der Waals surface area contributed by atoms with E-state index in [-0.39, 0.29) is 12.3 Å². The second kappa shape index (κ2) is 11.6. The predicted octanol–water partition coefficient (Wildman–Crippen LogP) is 5.28. The molecule has 1 amide bonds. The SMILES string of the molecule is O=C(N[C@@H](Cc1ccc(OCCCc2ccc3c(n2)CCCC3)cc1)C(=O)O)c1ccc(C2CC2)cc1. The molecule has 1 saturated carbocycles. The Morgan fingerprint density at radius 2 is 1.73 bits per heavy atom. The highest BCUT2D eigenvalue weighted by Gasteiger charge is 2.24. The molecule has 0 spiro atoms. The molecule has 1 aromatic heterocycles. The summed E-state index contributed by atoms with van der Waals surface area (Å²) < 4.78 is 5.89. The van der Waals surface area contributed by atoms with Crippen LogP contribution in [-0.2, 0) is 30.5 Å². The number of ether oxygens (including phenoxy) is 1. The fourth-order valence-corrected chi connectivity index (χ4v) is 4.93. The number of nitrogens with one attached hydrogen (secondary N) is 1. The number of nitrogens with zero attached hydrogens (tertiary/aromatic N) is 1. The number of aryl methyl sites for hydroxylation is 3. The van der Waals surface area contributed by atoms with Crippen molar-refractivity contribution in [1.82, 2.24) is 10.3 Å². The first-order chi connectivity index (χ1) is 18.0. The first kappa shape index (κ1) is 25.0. The number of benzene rings is 2. The summed E-state index contributed by atoms with van der Waals surface area (Å²) in [6.45, 7) is 0.589. The lowest BCUT2D eigenvalue weighted by atomic mass is 9.95. The van der Waals surface area contributed by atoms with E-state index in [0.717, 1.165) is 42.7 Å². The average Bonchev–Trinajstić information content (AvgIpc) is 3.77. The molecule has 2 aliphatic carbocycles. The first-order valence-electron chi connectivity index (χ1n) is 13.4. The van der Waals surface area contributed by atoms with Gasteiger partial charge in [0.2, 0.25) is 0 Å². The molecule has 6 nitrogen and oxygen atoms in total. The van der Waals surface area contributed by atoms with E-state index in [4.69, 9.17) is 9.72 Å². The summed E-state index contributed by atoms with van der Waals surface area (Å²) in [5.74, 6) is -0.0714. The lowest BCUT2D eigenvalue weighted by molar-refractivity contribution is -0.139. The second-order valence-corrected chi connectivity index (χ2v) is 10.2. The molecule has 1 atom stereocenters. The fraction of sp³-hybridized carbons (Fsp3) is 0.387. The van der Waals surface area contributed by atoms with E-state index in [1.807, 2.05) is 36.4 Å². The summed E-state index contributed by atoms with van der Waals surface area (Å²) in [5, 5.41) is 12.3. The average molecular weight is 499 g/mol. The van der Waals surface area contributed by atoms with E-state index in [9.17, 15) is 14.7 Å². The van der Waals surface area contributed by atoms with Crippen LogP contribution < -0.4 is 10.1 Å². The standard InChI is InChI=1S/C31H34N2O4/c34-30(25-13-11-23(12-14-25)22-9-10-22)33-29(31(35)36)20-21-7-17-27(18-8-21)37-19-3-5-26-16-15-24-4-1-2-6-28(24)32-26/h7-8,11-18,22,29H,1-6,9-10,19-20H2,(H,33,34)(H,35,36)/t29-/m0/s1. The topological polar surface area (TPSA) is 88.5 Å². The Bertz CT molecular complexity index is 1230. The number of carboxylic acids is 1. The van der Waals surface area contributed by atoms with E-state index >= 15 is 0 Å². The molecule has 5 rings (SSSR count). The Kier molecular flexibility index (Phi) is 7.83. The number of carbonyl (C=O) groups excluding carboxylic acids is 1. The molecule has 192 valence electrons. The summed E-state index contributed by atoms with van der Waals surface area (Å²) in [6, 6.07) is 18.2. The molecule has 3 aromatic rings. The van der Waals surface area contributed by atoms with E-state index in [1.165, 1.54) is 42.5 Å². The molecule has 2 N–H and O–H groups in total. The van der Waals surface area contributed by atoms with E-state index in [1.54, 1.807) is 12.1 Å². The van der Waals surface area contributed by atoms with Crippen LogP contribution in [-0.4, -0.2) is 34.6 Å². The normalized spacial score (nSPS) is 15.5. The Morgan fingerprint density at radius 1 is 0.973 bits per heavy atom. The Morgan fingerprint density at radius 3 is 2.46 bits per heavy atom. The third kappa shape index (κ3) is 6.76. The minimum Gasteiger partial charge on any atom is -0.494 e. The number of hydrogen-bond donors (Lipinski definition) is 2. The molecule has 6 heteroatoms. The molecule has 37 heavy (non-hydrogen) atoms. The monoisotopic (exact) mass is 498 g/mol. The van der Waals surface area contributed by atoms with Crippen molar-refractivity contribution in [3.8, 4) is 5.75 Å². The van der Waals surface area contributed by atoms with Crippen molar-refractivity contribution in [2.45, 2.75) is 69.7 Å². The van der Waals surface area contributed by atoms with Crippen molar-refractivity contribution in [3.63, 3.8) is 0 Å². The van der Waals surface area contributed by atoms with Crippen LogP contribution >= 0.6 is 0 Å². The Labute approximate surface area is 218 Å². The van der Waals surface area contributed by atoms with Gasteiger partial charge in [-0.05, 0) is 104 Å². The molecule has 0 saturated heterocycles. The number of pyridine rings is 1. The molecule has 0 unspecified atom stereocenters. The first-order valence-corrected chi connectivity index (χ1v) is 13.4. The van der Waals surface area contributed by atoms with Gasteiger partial charge >= 0.3 is 5.97 Å². The van der Waals surface area contributed by atoms with Gasteiger partial charge in [-0.15, -0.1) is 0 Å². The predicted molar refractivity (Wildman–Crippen MR) is 142 cm³/mol. The number of aromatic nitrogens is 1. The van der Waals surface area contributed by atoms with Crippen molar-refractivity contribution in [3.05, 3.63) is 94.3 Å². The van der Waals surface area contributed by atoms with E-state index < -0.39 is 12.0 Å². The quantitative estimate of drug-likeness (QED) is 0.352. The zero-order chi connectivity index (χ0) is 25.6. The van der Waals surface area contributed by atoms with Gasteiger partial charge in [-0.1, -0.05) is 30.3 Å². The Balaban J connectivity index is 1.08. The number of hydrogen-bond acceptors (Lipinski definition) is 4. The maximum absolute atomic E-state index is 12.6. The third-order valence-corrected chi connectivity index (χ3v) is 7.27. The smallest absolute Gasteiger partial charge is 0.326 e. The van der Waals surface area contributed by atoms with Crippen LogP contribution in [0.4, 0.5) is 0 Å². The van der Waals surface area contributed by atoms with Crippen molar-refractivity contribution in [1.29, 1.82) is 0 Å². The molecule has 0 aliphatic heterocycles. The van der Waals surface area contributed by atoms with E-state index in [0.29, 0.717) is 18.1 Å². The van der Waals surface area contributed by atoms with Gasteiger partial charge in [-0.3, -0.25) is 9.78 Å². The summed E-state index contributed by atoms with van der Waals surface area (Å²) in [7, 11) is 0. The molecule has 0 bridgehead atoms. The van der Waals surface area contributed by atoms with Gasteiger partial charge in [0, 0.05) is 23.4 Å². The van der Waals surface area contributed by atoms with Crippen LogP contribution in [0, 0.1) is 0 Å². The van der Waals surface area contributed by atoms with Crippen LogP contribution in [0.25, 0.3) is 0 Å². The van der Waals surface area contributed by atoms with Crippen molar-refractivity contribution < 1.29 is 19.4 Å². The molecular weight excluding hydrogens is 464 g/mol. The summed E-state index contributed by atoms with van der Waals surface area (Å²) >= 11 is 0. The number of rotatable bonds is 11. The van der Waals surface area contributed by atoms with Crippen molar-refractivity contribution in [2.75, 3.05) is 6.61 Å². The second-order valence-electron chi connectivity index (χ2n) is 10.2. The summed E-state index contributed by atoms with van der Waals surface area (Å²) in [6.07, 6.45) is 9.09. The van der Waals surface area contributed by atoms with Crippen LogP contribution in [0.5, 0.6) is 5.75 Å². The van der Waals surface area contributed by atoms with Crippen LogP contribution in [0.15, 0.2) is 60.7 Å². The minimum atomic E-state index is -1.06. The van der Waals surface area contributed by atoms with Crippen molar-refractivity contribution >= 4 is 11.9 Å². The van der Waals surface area contributed by atoms with Gasteiger partial charge in [-0.2, -0.15) is 0 Å². The largest absolute Gasteiger partial charge is 0.494 e. The summed E-state index contributed by atoms with van der Waals surface area (Å²) in [4.78, 5) is 29.3. The van der Waals surface area contributed by atoms with Gasteiger partial charge in [-0.25, -0.2) is 4.79 Å².